The number of hydrogen-bond acceptors (Lipinski definition) is 4. The summed E-state index contributed by atoms with van der Waals surface area (Å²) in [4.78, 5) is 14.9. The lowest BCUT2D eigenvalue weighted by molar-refractivity contribution is -0.137. The van der Waals surface area contributed by atoms with Crippen LogP contribution in [0.2, 0.25) is 5.02 Å². The SMILES string of the molecule is Cn1ccc(=O)nc1OCCc1cc(F)c(Oc2ccc(Cl)c(C(F)(F)F)c2)c(F)c1. The number of halogens is 6. The molecule has 0 aliphatic heterocycles. The van der Waals surface area contributed by atoms with E-state index in [4.69, 9.17) is 21.1 Å². The minimum Gasteiger partial charge on any atom is -0.464 e. The van der Waals surface area contributed by atoms with Crippen LogP contribution in [0.4, 0.5) is 22.0 Å². The topological polar surface area (TPSA) is 53.4 Å². The molecule has 3 rings (SSSR count). The van der Waals surface area contributed by atoms with Crippen molar-refractivity contribution in [3.63, 3.8) is 0 Å². The summed E-state index contributed by atoms with van der Waals surface area (Å²) in [7, 11) is 1.61. The van der Waals surface area contributed by atoms with Crippen LogP contribution < -0.4 is 15.0 Å². The maximum absolute atomic E-state index is 14.4. The van der Waals surface area contributed by atoms with Gasteiger partial charge in [0, 0.05) is 25.7 Å². The van der Waals surface area contributed by atoms with E-state index in [1.165, 1.54) is 16.8 Å². The Balaban J connectivity index is 1.73. The van der Waals surface area contributed by atoms with E-state index in [0.717, 1.165) is 24.3 Å². The monoisotopic (exact) mass is 460 g/mol. The van der Waals surface area contributed by atoms with E-state index in [1.807, 2.05) is 0 Å². The first-order chi connectivity index (χ1) is 14.5. The molecule has 31 heavy (non-hydrogen) atoms. The molecule has 0 aliphatic carbocycles. The zero-order chi connectivity index (χ0) is 22.8. The molecular weight excluding hydrogens is 447 g/mol. The summed E-state index contributed by atoms with van der Waals surface area (Å²) in [6.45, 7) is -0.0322. The van der Waals surface area contributed by atoms with Gasteiger partial charge >= 0.3 is 6.18 Å². The third-order valence-electron chi connectivity index (χ3n) is 4.09. The zero-order valence-corrected chi connectivity index (χ0v) is 16.6. The Morgan fingerprint density at radius 1 is 1.10 bits per heavy atom. The van der Waals surface area contributed by atoms with Gasteiger partial charge in [-0.05, 0) is 35.9 Å². The van der Waals surface area contributed by atoms with Crippen LogP contribution in [0.15, 0.2) is 47.4 Å². The number of aryl methyl sites for hydroxylation is 1. The molecule has 164 valence electrons. The molecule has 0 unspecified atom stereocenters. The number of benzene rings is 2. The maximum Gasteiger partial charge on any atom is 0.417 e. The Morgan fingerprint density at radius 3 is 2.42 bits per heavy atom. The van der Waals surface area contributed by atoms with Gasteiger partial charge < -0.3 is 14.0 Å². The molecule has 3 aromatic rings. The fourth-order valence-corrected chi connectivity index (χ4v) is 2.83. The number of rotatable bonds is 6. The fraction of sp³-hybridized carbons (Fsp3) is 0.200. The average Bonchev–Trinajstić information content (AvgIpc) is 2.68. The summed E-state index contributed by atoms with van der Waals surface area (Å²) < 4.78 is 79.4. The summed E-state index contributed by atoms with van der Waals surface area (Å²) in [5, 5.41) is -0.568. The Morgan fingerprint density at radius 2 is 1.77 bits per heavy atom. The van der Waals surface area contributed by atoms with Crippen LogP contribution in [0.3, 0.4) is 0 Å². The van der Waals surface area contributed by atoms with E-state index in [1.54, 1.807) is 7.05 Å². The molecule has 0 bridgehead atoms. The molecule has 0 atom stereocenters. The molecule has 1 heterocycles. The highest BCUT2D eigenvalue weighted by molar-refractivity contribution is 6.31. The molecular formula is C20H14ClF5N2O3. The van der Waals surface area contributed by atoms with Crippen LogP contribution >= 0.6 is 11.6 Å². The first-order valence-corrected chi connectivity index (χ1v) is 9.11. The summed E-state index contributed by atoms with van der Waals surface area (Å²) in [5.74, 6) is -3.50. The highest BCUT2D eigenvalue weighted by Crippen LogP contribution is 2.38. The minimum atomic E-state index is -4.76. The molecule has 0 saturated carbocycles. The second-order valence-corrected chi connectivity index (χ2v) is 6.79. The third-order valence-corrected chi connectivity index (χ3v) is 4.42. The van der Waals surface area contributed by atoms with Gasteiger partial charge in [0.15, 0.2) is 17.4 Å². The second kappa shape index (κ2) is 8.93. The van der Waals surface area contributed by atoms with Crippen LogP contribution in [0.25, 0.3) is 0 Å². The van der Waals surface area contributed by atoms with Crippen molar-refractivity contribution < 1.29 is 31.4 Å². The van der Waals surface area contributed by atoms with Gasteiger partial charge in [-0.3, -0.25) is 4.79 Å². The molecule has 0 aliphatic rings. The summed E-state index contributed by atoms with van der Waals surface area (Å²) >= 11 is 5.52. The quantitative estimate of drug-likeness (QED) is 0.478. The molecule has 0 radical (unpaired) electrons. The van der Waals surface area contributed by atoms with Crippen molar-refractivity contribution in [3.05, 3.63) is 80.7 Å². The normalized spacial score (nSPS) is 11.5. The summed E-state index contributed by atoms with van der Waals surface area (Å²) in [6, 6.07) is 5.77. The van der Waals surface area contributed by atoms with Gasteiger partial charge in [0.1, 0.15) is 5.75 Å². The number of hydrogen-bond donors (Lipinski definition) is 0. The standard InChI is InChI=1S/C20H14ClF5N2O3/c1-28-6-4-17(29)27-19(28)30-7-5-11-8-15(22)18(16(23)9-11)31-12-2-3-14(21)13(10-12)20(24,25)26/h2-4,6,8-10H,5,7H2,1H3. The van der Waals surface area contributed by atoms with Crippen molar-refractivity contribution in [1.29, 1.82) is 0 Å². The van der Waals surface area contributed by atoms with Gasteiger partial charge in [-0.25, -0.2) is 8.78 Å². The molecule has 0 N–H and O–H groups in total. The van der Waals surface area contributed by atoms with E-state index >= 15 is 0 Å². The average molecular weight is 461 g/mol. The van der Waals surface area contributed by atoms with Gasteiger partial charge in [0.25, 0.3) is 11.6 Å². The van der Waals surface area contributed by atoms with Crippen LogP contribution in [-0.2, 0) is 19.6 Å². The number of ether oxygens (including phenoxy) is 2. The van der Waals surface area contributed by atoms with Crippen LogP contribution in [0.5, 0.6) is 17.5 Å². The Bertz CT molecular complexity index is 1140. The molecule has 2 aromatic carbocycles. The van der Waals surface area contributed by atoms with Crippen molar-refractivity contribution >= 4 is 11.6 Å². The highest BCUT2D eigenvalue weighted by Gasteiger charge is 2.33. The first kappa shape index (κ1) is 22.5. The molecule has 11 heteroatoms. The molecule has 0 fully saturated rings. The van der Waals surface area contributed by atoms with Crippen LogP contribution in [0.1, 0.15) is 11.1 Å². The van der Waals surface area contributed by atoms with Gasteiger partial charge in [-0.2, -0.15) is 18.2 Å². The minimum absolute atomic E-state index is 0.0322. The van der Waals surface area contributed by atoms with Crippen LogP contribution in [0, 0.1) is 11.6 Å². The number of nitrogens with zero attached hydrogens (tertiary/aromatic N) is 2. The maximum atomic E-state index is 14.4. The predicted molar refractivity (Wildman–Crippen MR) is 102 cm³/mol. The summed E-state index contributed by atoms with van der Waals surface area (Å²) in [6.07, 6.45) is -3.23. The molecule has 0 spiro atoms. The van der Waals surface area contributed by atoms with Crippen LogP contribution in [-0.4, -0.2) is 16.2 Å². The lowest BCUT2D eigenvalue weighted by Crippen LogP contribution is -2.14. The van der Waals surface area contributed by atoms with Crippen molar-refractivity contribution in [2.75, 3.05) is 6.61 Å². The van der Waals surface area contributed by atoms with Gasteiger partial charge in [0.2, 0.25) is 0 Å². The van der Waals surface area contributed by atoms with E-state index in [0.29, 0.717) is 6.07 Å². The Hall–Kier alpha value is -3.14. The third kappa shape index (κ3) is 5.52. The number of aromatic nitrogens is 2. The van der Waals surface area contributed by atoms with Gasteiger partial charge in [-0.1, -0.05) is 11.6 Å². The predicted octanol–water partition coefficient (Wildman–Crippen LogP) is 5.14. The smallest absolute Gasteiger partial charge is 0.417 e. The van der Waals surface area contributed by atoms with Gasteiger partial charge in [0.05, 0.1) is 17.2 Å². The molecule has 0 saturated heterocycles. The lowest BCUT2D eigenvalue weighted by atomic mass is 10.1. The van der Waals surface area contributed by atoms with Crippen molar-refractivity contribution in [3.8, 4) is 17.5 Å². The largest absolute Gasteiger partial charge is 0.464 e. The van der Waals surface area contributed by atoms with E-state index in [-0.39, 0.29) is 24.6 Å². The van der Waals surface area contributed by atoms with Gasteiger partial charge in [-0.15, -0.1) is 0 Å². The first-order valence-electron chi connectivity index (χ1n) is 8.73. The Kier molecular flexibility index (Phi) is 6.49. The van der Waals surface area contributed by atoms with E-state index in [9.17, 15) is 26.7 Å². The fourth-order valence-electron chi connectivity index (χ4n) is 2.60. The van der Waals surface area contributed by atoms with E-state index < -0.39 is 45.5 Å². The molecule has 0 amide bonds. The van der Waals surface area contributed by atoms with E-state index in [2.05, 4.69) is 4.98 Å². The zero-order valence-electron chi connectivity index (χ0n) is 15.8. The molecule has 5 nitrogen and oxygen atoms in total. The number of alkyl halides is 3. The highest BCUT2D eigenvalue weighted by atomic mass is 35.5. The van der Waals surface area contributed by atoms with Crippen molar-refractivity contribution in [1.82, 2.24) is 9.55 Å². The van der Waals surface area contributed by atoms with Crippen molar-refractivity contribution in [2.24, 2.45) is 7.05 Å². The summed E-state index contributed by atoms with van der Waals surface area (Å²) in [5.41, 5.74) is -1.48. The second-order valence-electron chi connectivity index (χ2n) is 6.39. The lowest BCUT2D eigenvalue weighted by Gasteiger charge is -2.13. The van der Waals surface area contributed by atoms with Crippen molar-refractivity contribution in [2.45, 2.75) is 12.6 Å². The Labute approximate surface area is 177 Å². The molecule has 1 aromatic heterocycles.